The minimum atomic E-state index is -0.480. The van der Waals surface area contributed by atoms with E-state index in [4.69, 9.17) is 27.6 Å². The van der Waals surface area contributed by atoms with Crippen molar-refractivity contribution in [2.24, 2.45) is 0 Å². The molecule has 0 spiro atoms. The van der Waals surface area contributed by atoms with Crippen LogP contribution in [0.2, 0.25) is 5.02 Å². The first kappa shape index (κ1) is 14.4. The number of imidazole rings is 1. The fourth-order valence-corrected chi connectivity index (χ4v) is 2.56. The van der Waals surface area contributed by atoms with E-state index in [0.29, 0.717) is 35.8 Å². The number of alkyl halides is 1. The van der Waals surface area contributed by atoms with Crippen molar-refractivity contribution in [1.82, 2.24) is 14.5 Å². The lowest BCUT2D eigenvalue weighted by atomic mass is 10.3. The van der Waals surface area contributed by atoms with Gasteiger partial charge in [0.05, 0.1) is 22.3 Å². The van der Waals surface area contributed by atoms with Gasteiger partial charge in [-0.1, -0.05) is 11.6 Å². The molecule has 3 rings (SSSR count). The van der Waals surface area contributed by atoms with Crippen LogP contribution < -0.4 is 0 Å². The predicted octanol–water partition coefficient (Wildman–Crippen LogP) is 3.95. The van der Waals surface area contributed by atoms with E-state index in [1.54, 1.807) is 6.20 Å². The monoisotopic (exact) mass is 327 g/mol. The molecule has 21 heavy (non-hydrogen) atoms. The fourth-order valence-electron chi connectivity index (χ4n) is 2.23. The Morgan fingerprint density at radius 3 is 2.86 bits per heavy atom. The molecular weight excluding hydrogens is 316 g/mol. The van der Waals surface area contributed by atoms with E-state index in [1.165, 1.54) is 12.1 Å². The molecule has 2 heterocycles. The SMILES string of the molecule is Cc1cnc(Cn2c(CCCl)nc3cc(Cl)c(F)cc32)o1. The predicted molar refractivity (Wildman–Crippen MR) is 79.5 cm³/mol. The average Bonchev–Trinajstić information content (AvgIpc) is 2.97. The van der Waals surface area contributed by atoms with Crippen LogP contribution in [0.4, 0.5) is 4.39 Å². The molecule has 110 valence electrons. The summed E-state index contributed by atoms with van der Waals surface area (Å²) in [7, 11) is 0. The van der Waals surface area contributed by atoms with Crippen LogP contribution in [0.15, 0.2) is 22.7 Å². The van der Waals surface area contributed by atoms with Gasteiger partial charge in [-0.25, -0.2) is 14.4 Å². The molecular formula is C14H12Cl2FN3O. The van der Waals surface area contributed by atoms with Crippen molar-refractivity contribution in [2.45, 2.75) is 19.9 Å². The third-order valence-corrected chi connectivity index (χ3v) is 3.63. The van der Waals surface area contributed by atoms with Crippen LogP contribution in [-0.4, -0.2) is 20.4 Å². The number of nitrogens with zero attached hydrogens (tertiary/aromatic N) is 3. The van der Waals surface area contributed by atoms with Crippen molar-refractivity contribution in [3.63, 3.8) is 0 Å². The highest BCUT2D eigenvalue weighted by molar-refractivity contribution is 6.31. The molecule has 0 amide bonds. The first-order chi connectivity index (χ1) is 10.1. The molecule has 0 unspecified atom stereocenters. The van der Waals surface area contributed by atoms with Gasteiger partial charge >= 0.3 is 0 Å². The normalized spacial score (nSPS) is 11.4. The van der Waals surface area contributed by atoms with Crippen LogP contribution in [0, 0.1) is 12.7 Å². The van der Waals surface area contributed by atoms with E-state index < -0.39 is 5.82 Å². The highest BCUT2D eigenvalue weighted by atomic mass is 35.5. The van der Waals surface area contributed by atoms with E-state index in [0.717, 1.165) is 11.6 Å². The molecule has 0 saturated heterocycles. The summed E-state index contributed by atoms with van der Waals surface area (Å²) in [5.74, 6) is 1.95. The fraction of sp³-hybridized carbons (Fsp3) is 0.286. The summed E-state index contributed by atoms with van der Waals surface area (Å²) >= 11 is 11.6. The molecule has 3 aromatic rings. The number of hydrogen-bond acceptors (Lipinski definition) is 3. The van der Waals surface area contributed by atoms with Crippen molar-refractivity contribution in [1.29, 1.82) is 0 Å². The van der Waals surface area contributed by atoms with E-state index in [1.807, 2.05) is 11.5 Å². The lowest BCUT2D eigenvalue weighted by Gasteiger charge is -2.06. The van der Waals surface area contributed by atoms with Crippen molar-refractivity contribution in [3.05, 3.63) is 46.6 Å². The lowest BCUT2D eigenvalue weighted by Crippen LogP contribution is -2.06. The Morgan fingerprint density at radius 2 is 2.19 bits per heavy atom. The smallest absolute Gasteiger partial charge is 0.214 e. The number of hydrogen-bond donors (Lipinski definition) is 0. The summed E-state index contributed by atoms with van der Waals surface area (Å²) < 4.78 is 21.1. The van der Waals surface area contributed by atoms with E-state index in [2.05, 4.69) is 9.97 Å². The summed E-state index contributed by atoms with van der Waals surface area (Å²) in [6.07, 6.45) is 2.21. The van der Waals surface area contributed by atoms with Gasteiger partial charge < -0.3 is 8.98 Å². The van der Waals surface area contributed by atoms with Gasteiger partial charge in [0.2, 0.25) is 5.89 Å². The Hall–Kier alpha value is -1.59. The quantitative estimate of drug-likeness (QED) is 0.681. The molecule has 0 radical (unpaired) electrons. The zero-order valence-corrected chi connectivity index (χ0v) is 12.7. The molecule has 4 nitrogen and oxygen atoms in total. The molecule has 0 atom stereocenters. The highest BCUT2D eigenvalue weighted by Gasteiger charge is 2.15. The average molecular weight is 328 g/mol. The zero-order valence-electron chi connectivity index (χ0n) is 11.2. The van der Waals surface area contributed by atoms with Crippen molar-refractivity contribution < 1.29 is 8.81 Å². The zero-order chi connectivity index (χ0) is 15.0. The number of benzene rings is 1. The van der Waals surface area contributed by atoms with Crippen molar-refractivity contribution in [3.8, 4) is 0 Å². The maximum Gasteiger partial charge on any atom is 0.214 e. The van der Waals surface area contributed by atoms with Gasteiger partial charge in [0.1, 0.15) is 23.9 Å². The second kappa shape index (κ2) is 5.66. The molecule has 0 aliphatic rings. The largest absolute Gasteiger partial charge is 0.444 e. The molecule has 0 N–H and O–H groups in total. The molecule has 0 bridgehead atoms. The van der Waals surface area contributed by atoms with Crippen molar-refractivity contribution in [2.75, 3.05) is 5.88 Å². The Bertz CT molecular complexity index is 797. The first-order valence-electron chi connectivity index (χ1n) is 6.40. The number of halogens is 3. The van der Waals surface area contributed by atoms with Gasteiger partial charge in [-0.2, -0.15) is 0 Å². The van der Waals surface area contributed by atoms with Crippen LogP contribution in [-0.2, 0) is 13.0 Å². The van der Waals surface area contributed by atoms with Gasteiger partial charge in [-0.05, 0) is 13.0 Å². The number of oxazole rings is 1. The number of aromatic nitrogens is 3. The minimum absolute atomic E-state index is 0.0524. The Balaban J connectivity index is 2.12. The van der Waals surface area contributed by atoms with Crippen LogP contribution in [0.5, 0.6) is 0 Å². The number of aryl methyl sites for hydroxylation is 2. The minimum Gasteiger partial charge on any atom is -0.444 e. The second-order valence-corrected chi connectivity index (χ2v) is 5.46. The Morgan fingerprint density at radius 1 is 1.38 bits per heavy atom. The van der Waals surface area contributed by atoms with Crippen LogP contribution in [0.25, 0.3) is 11.0 Å². The molecule has 0 saturated carbocycles. The Labute approximate surface area is 130 Å². The first-order valence-corrected chi connectivity index (χ1v) is 7.31. The standard InChI is InChI=1S/C14H12Cl2FN3O/c1-8-6-18-14(21-8)7-20-12-5-10(17)9(16)4-11(12)19-13(20)2-3-15/h4-6H,2-3,7H2,1H3. The van der Waals surface area contributed by atoms with Gasteiger partial charge in [0.15, 0.2) is 0 Å². The van der Waals surface area contributed by atoms with E-state index in [-0.39, 0.29) is 5.02 Å². The van der Waals surface area contributed by atoms with Crippen LogP contribution >= 0.6 is 23.2 Å². The second-order valence-electron chi connectivity index (χ2n) is 4.67. The summed E-state index contributed by atoms with van der Waals surface area (Å²) in [5, 5.41) is 0.0524. The third-order valence-electron chi connectivity index (χ3n) is 3.15. The lowest BCUT2D eigenvalue weighted by molar-refractivity contribution is 0.456. The van der Waals surface area contributed by atoms with Gasteiger partial charge in [0, 0.05) is 18.4 Å². The number of rotatable bonds is 4. The Kier molecular flexibility index (Phi) is 3.87. The molecule has 2 aromatic heterocycles. The van der Waals surface area contributed by atoms with Crippen molar-refractivity contribution >= 4 is 34.2 Å². The molecule has 0 aliphatic carbocycles. The maximum atomic E-state index is 13.7. The van der Waals surface area contributed by atoms with Crippen LogP contribution in [0.3, 0.4) is 0 Å². The third kappa shape index (κ3) is 2.76. The molecule has 1 aromatic carbocycles. The summed E-state index contributed by atoms with van der Waals surface area (Å²) in [4.78, 5) is 8.64. The molecule has 0 aliphatic heterocycles. The number of fused-ring (bicyclic) bond motifs is 1. The summed E-state index contributed by atoms with van der Waals surface area (Å²) in [6.45, 7) is 2.19. The van der Waals surface area contributed by atoms with Gasteiger partial charge in [0.25, 0.3) is 0 Å². The maximum absolute atomic E-state index is 13.7. The van der Waals surface area contributed by atoms with Gasteiger partial charge in [-0.15, -0.1) is 11.6 Å². The summed E-state index contributed by atoms with van der Waals surface area (Å²) in [5.41, 5.74) is 1.28. The van der Waals surface area contributed by atoms with Crippen LogP contribution in [0.1, 0.15) is 17.5 Å². The van der Waals surface area contributed by atoms with Gasteiger partial charge in [-0.3, -0.25) is 0 Å². The van der Waals surface area contributed by atoms with E-state index in [9.17, 15) is 4.39 Å². The van der Waals surface area contributed by atoms with E-state index >= 15 is 0 Å². The highest BCUT2D eigenvalue weighted by Crippen LogP contribution is 2.25. The topological polar surface area (TPSA) is 43.9 Å². The summed E-state index contributed by atoms with van der Waals surface area (Å²) in [6, 6.07) is 2.89. The molecule has 7 heteroatoms. The molecule has 0 fully saturated rings.